The lowest BCUT2D eigenvalue weighted by molar-refractivity contribution is -0.385. The summed E-state index contributed by atoms with van der Waals surface area (Å²) in [5, 5.41) is 10.9. The maximum absolute atomic E-state index is 12.0. The minimum absolute atomic E-state index is 0.0636. The van der Waals surface area contributed by atoms with Crippen molar-refractivity contribution >= 4 is 37.0 Å². The van der Waals surface area contributed by atoms with Crippen LogP contribution in [-0.4, -0.2) is 31.5 Å². The van der Waals surface area contributed by atoms with Crippen molar-refractivity contribution in [2.45, 2.75) is 13.3 Å². The number of benzene rings is 1. The van der Waals surface area contributed by atoms with Gasteiger partial charge in [-0.1, -0.05) is 6.07 Å². The average Bonchev–Trinajstić information content (AvgIpc) is 2.67. The van der Waals surface area contributed by atoms with E-state index in [1.165, 1.54) is 17.0 Å². The van der Waals surface area contributed by atoms with Gasteiger partial charge in [0.1, 0.15) is 0 Å². The van der Waals surface area contributed by atoms with Gasteiger partial charge < -0.3 is 4.90 Å². The molecule has 114 valence electrons. The molecule has 7 nitrogen and oxygen atoms in total. The summed E-state index contributed by atoms with van der Waals surface area (Å²) < 4.78 is 22.2. The average molecular weight is 333 g/mol. The summed E-state index contributed by atoms with van der Waals surface area (Å²) in [6, 6.07) is 4.47. The van der Waals surface area contributed by atoms with Crippen LogP contribution in [0.3, 0.4) is 0 Å². The summed E-state index contributed by atoms with van der Waals surface area (Å²) >= 11 is 0. The van der Waals surface area contributed by atoms with Gasteiger partial charge in [0, 0.05) is 35.6 Å². The predicted molar refractivity (Wildman–Crippen MR) is 77.9 cm³/mol. The van der Waals surface area contributed by atoms with E-state index < -0.39 is 19.9 Å². The van der Waals surface area contributed by atoms with Gasteiger partial charge in [-0.3, -0.25) is 14.9 Å². The van der Waals surface area contributed by atoms with E-state index in [1.54, 1.807) is 13.0 Å². The molecule has 1 fully saturated rings. The topological polar surface area (TPSA) is 97.6 Å². The van der Waals surface area contributed by atoms with Gasteiger partial charge in [-0.05, 0) is 13.0 Å². The molecule has 0 aliphatic carbocycles. The highest BCUT2D eigenvalue weighted by Gasteiger charge is 2.34. The van der Waals surface area contributed by atoms with Crippen LogP contribution in [0.15, 0.2) is 18.2 Å². The summed E-state index contributed by atoms with van der Waals surface area (Å²) in [6.45, 7) is 1.75. The molecule has 1 aromatic rings. The van der Waals surface area contributed by atoms with Crippen molar-refractivity contribution in [3.05, 3.63) is 33.9 Å². The van der Waals surface area contributed by atoms with E-state index >= 15 is 0 Å². The largest absolute Gasteiger partial charge is 0.312 e. The minimum Gasteiger partial charge on any atom is -0.312 e. The Morgan fingerprint density at radius 2 is 2.14 bits per heavy atom. The van der Waals surface area contributed by atoms with E-state index in [2.05, 4.69) is 0 Å². The van der Waals surface area contributed by atoms with Crippen molar-refractivity contribution in [2.24, 2.45) is 5.92 Å². The van der Waals surface area contributed by atoms with E-state index in [-0.39, 0.29) is 30.3 Å². The summed E-state index contributed by atoms with van der Waals surface area (Å²) in [5.74, 6) is -0.951. The molecular formula is C12H13ClN2O5S. The minimum atomic E-state index is -3.68. The van der Waals surface area contributed by atoms with Gasteiger partial charge in [-0.15, -0.1) is 0 Å². The molecule has 1 heterocycles. The highest BCUT2D eigenvalue weighted by atomic mass is 35.7. The van der Waals surface area contributed by atoms with Gasteiger partial charge in [0.25, 0.3) is 5.69 Å². The number of hydrogen-bond donors (Lipinski definition) is 0. The second-order valence-corrected chi connectivity index (χ2v) is 7.78. The molecule has 0 aromatic heterocycles. The molecule has 1 aromatic carbocycles. The number of nitro groups is 1. The van der Waals surface area contributed by atoms with Gasteiger partial charge in [0.2, 0.25) is 15.0 Å². The Balaban J connectivity index is 2.29. The third-order valence-electron chi connectivity index (χ3n) is 3.40. The van der Waals surface area contributed by atoms with Gasteiger partial charge in [-0.25, -0.2) is 8.42 Å². The Morgan fingerprint density at radius 3 is 2.71 bits per heavy atom. The molecular weight excluding hydrogens is 320 g/mol. The molecule has 21 heavy (non-hydrogen) atoms. The zero-order valence-electron chi connectivity index (χ0n) is 11.2. The highest BCUT2D eigenvalue weighted by Crippen LogP contribution is 2.33. The Labute approximate surface area is 126 Å². The lowest BCUT2D eigenvalue weighted by Gasteiger charge is -2.18. The second-order valence-electron chi connectivity index (χ2n) is 4.96. The molecule has 1 unspecified atom stereocenters. The predicted octanol–water partition coefficient (Wildman–Crippen LogP) is 1.82. The summed E-state index contributed by atoms with van der Waals surface area (Å²) in [5.41, 5.74) is 0.739. The Bertz CT molecular complexity index is 704. The quantitative estimate of drug-likeness (QED) is 0.476. The number of rotatable bonds is 4. The fourth-order valence-electron chi connectivity index (χ4n) is 2.51. The van der Waals surface area contributed by atoms with E-state index in [9.17, 15) is 23.3 Å². The number of nitrogens with zero attached hydrogens (tertiary/aromatic N) is 2. The SMILES string of the molecule is Cc1c(N2CC(CS(=O)(=O)Cl)CC2=O)cccc1[N+](=O)[O-]. The molecule has 0 N–H and O–H groups in total. The van der Waals surface area contributed by atoms with Gasteiger partial charge in [-0.2, -0.15) is 0 Å². The Kier molecular flexibility index (Phi) is 4.20. The lowest BCUT2D eigenvalue weighted by Crippen LogP contribution is -2.26. The molecule has 1 atom stereocenters. The summed E-state index contributed by atoms with van der Waals surface area (Å²) in [6.07, 6.45) is 0.0636. The van der Waals surface area contributed by atoms with Crippen LogP contribution in [0.5, 0.6) is 0 Å². The fourth-order valence-corrected chi connectivity index (χ4v) is 3.83. The number of nitro benzene ring substituents is 1. The Morgan fingerprint density at radius 1 is 1.48 bits per heavy atom. The molecule has 0 radical (unpaired) electrons. The molecule has 1 aliphatic heterocycles. The maximum Gasteiger partial charge on any atom is 0.274 e. The van der Waals surface area contributed by atoms with E-state index in [0.29, 0.717) is 11.3 Å². The number of carbonyl (C=O) groups is 1. The number of hydrogen-bond acceptors (Lipinski definition) is 5. The lowest BCUT2D eigenvalue weighted by atomic mass is 10.1. The Hall–Kier alpha value is -1.67. The van der Waals surface area contributed by atoms with Crippen molar-refractivity contribution in [2.75, 3.05) is 17.2 Å². The molecule has 0 spiro atoms. The normalized spacial score (nSPS) is 19.0. The molecule has 1 aliphatic rings. The monoisotopic (exact) mass is 332 g/mol. The van der Waals surface area contributed by atoms with Gasteiger partial charge in [0.15, 0.2) is 0 Å². The van der Waals surface area contributed by atoms with Crippen LogP contribution >= 0.6 is 10.7 Å². The standard InChI is InChI=1S/C12H13ClN2O5S/c1-8-10(3-2-4-11(8)15(17)18)14-6-9(5-12(14)16)7-21(13,19)20/h2-4,9H,5-7H2,1H3. The van der Waals surface area contributed by atoms with Crippen LogP contribution in [0, 0.1) is 23.0 Å². The van der Waals surface area contributed by atoms with E-state index in [1.807, 2.05) is 0 Å². The molecule has 0 bridgehead atoms. The summed E-state index contributed by atoms with van der Waals surface area (Å²) in [7, 11) is 1.52. The van der Waals surface area contributed by atoms with Gasteiger partial charge in [0.05, 0.1) is 21.9 Å². The molecule has 1 amide bonds. The number of amides is 1. The summed E-state index contributed by atoms with van der Waals surface area (Å²) in [4.78, 5) is 23.8. The first-order chi connectivity index (χ1) is 9.69. The molecule has 0 saturated carbocycles. The van der Waals surface area contributed by atoms with Crippen LogP contribution in [0.1, 0.15) is 12.0 Å². The van der Waals surface area contributed by atoms with Gasteiger partial charge >= 0.3 is 0 Å². The molecule has 1 saturated heterocycles. The third-order valence-corrected chi connectivity index (χ3v) is 4.65. The smallest absolute Gasteiger partial charge is 0.274 e. The number of halogens is 1. The second kappa shape index (κ2) is 5.61. The van der Waals surface area contributed by atoms with Crippen LogP contribution in [-0.2, 0) is 13.8 Å². The number of anilines is 1. The van der Waals surface area contributed by atoms with Crippen molar-refractivity contribution in [1.29, 1.82) is 0 Å². The van der Waals surface area contributed by atoms with Crippen LogP contribution in [0.2, 0.25) is 0 Å². The first-order valence-electron chi connectivity index (χ1n) is 6.15. The van der Waals surface area contributed by atoms with Crippen molar-refractivity contribution in [3.8, 4) is 0 Å². The van der Waals surface area contributed by atoms with Crippen molar-refractivity contribution < 1.29 is 18.1 Å². The maximum atomic E-state index is 12.0. The molecule has 9 heteroatoms. The zero-order valence-corrected chi connectivity index (χ0v) is 12.7. The van der Waals surface area contributed by atoms with Crippen LogP contribution in [0.25, 0.3) is 0 Å². The number of carbonyl (C=O) groups excluding carboxylic acids is 1. The van der Waals surface area contributed by atoms with Crippen molar-refractivity contribution in [3.63, 3.8) is 0 Å². The van der Waals surface area contributed by atoms with E-state index in [4.69, 9.17) is 10.7 Å². The fraction of sp³-hybridized carbons (Fsp3) is 0.417. The first-order valence-corrected chi connectivity index (χ1v) is 8.63. The zero-order chi connectivity index (χ0) is 15.8. The van der Waals surface area contributed by atoms with Crippen molar-refractivity contribution in [1.82, 2.24) is 0 Å². The third kappa shape index (κ3) is 3.51. The van der Waals surface area contributed by atoms with E-state index in [0.717, 1.165) is 0 Å². The first kappa shape index (κ1) is 15.7. The molecule has 2 rings (SSSR count). The highest BCUT2D eigenvalue weighted by molar-refractivity contribution is 8.13. The van der Waals surface area contributed by atoms with Crippen LogP contribution in [0.4, 0.5) is 11.4 Å². The van der Waals surface area contributed by atoms with Crippen LogP contribution < -0.4 is 4.90 Å².